The summed E-state index contributed by atoms with van der Waals surface area (Å²) in [6.07, 6.45) is 8.98. The molecule has 0 spiro atoms. The highest BCUT2D eigenvalue weighted by atomic mass is 35.5. The molecule has 0 aliphatic heterocycles. The first-order valence-electron chi connectivity index (χ1n) is 10.3. The number of fused-ring (bicyclic) bond motifs is 4. The van der Waals surface area contributed by atoms with Gasteiger partial charge < -0.3 is 10.3 Å². The number of H-pyrrole nitrogens is 2. The summed E-state index contributed by atoms with van der Waals surface area (Å²) < 4.78 is 14.8. The first kappa shape index (κ1) is 18.6. The summed E-state index contributed by atoms with van der Waals surface area (Å²) in [5.41, 5.74) is 1.39. The number of aromatic amines is 2. The van der Waals surface area contributed by atoms with Crippen LogP contribution in [0.25, 0.3) is 22.4 Å². The van der Waals surface area contributed by atoms with Crippen molar-refractivity contribution in [2.75, 3.05) is 5.32 Å². The highest BCUT2D eigenvalue weighted by molar-refractivity contribution is 6.31. The van der Waals surface area contributed by atoms with E-state index in [0.29, 0.717) is 39.7 Å². The van der Waals surface area contributed by atoms with Gasteiger partial charge in [0.25, 0.3) is 0 Å². The standard InChI is InChI=1S/C20H19ClFN9/c21-11-5-12-13(7-24-17(12)23-6-11)18-25-8-14(22)19(27-18)26-16-10-3-1-9(2-4-10)15(16)20-28-30-31-29-20/h5-10,15-16H,1-4H2,(H,23,24)(H,25,26,27)(H,28,29,30,31). The Balaban J connectivity index is 1.37. The number of rotatable bonds is 4. The molecule has 11 heteroatoms. The largest absolute Gasteiger partial charge is 0.364 e. The lowest BCUT2D eigenvalue weighted by molar-refractivity contribution is 0.121. The van der Waals surface area contributed by atoms with Crippen LogP contribution in [0.1, 0.15) is 37.4 Å². The van der Waals surface area contributed by atoms with E-state index >= 15 is 0 Å². The van der Waals surface area contributed by atoms with E-state index < -0.39 is 5.82 Å². The first-order chi connectivity index (χ1) is 15.2. The van der Waals surface area contributed by atoms with Crippen molar-refractivity contribution in [3.05, 3.63) is 41.3 Å². The number of anilines is 1. The Morgan fingerprint density at radius 1 is 1.10 bits per heavy atom. The molecule has 0 radical (unpaired) electrons. The van der Waals surface area contributed by atoms with E-state index in [2.05, 4.69) is 45.9 Å². The summed E-state index contributed by atoms with van der Waals surface area (Å²) in [4.78, 5) is 16.1. The number of aromatic nitrogens is 8. The van der Waals surface area contributed by atoms with Crippen molar-refractivity contribution in [1.29, 1.82) is 0 Å². The van der Waals surface area contributed by atoms with Gasteiger partial charge in [0.15, 0.2) is 23.3 Å². The molecule has 2 bridgehead atoms. The normalized spacial score (nSPS) is 25.2. The molecule has 3 fully saturated rings. The van der Waals surface area contributed by atoms with Crippen molar-refractivity contribution in [3.63, 3.8) is 0 Å². The van der Waals surface area contributed by atoms with Crippen LogP contribution >= 0.6 is 11.6 Å². The fourth-order valence-corrected chi connectivity index (χ4v) is 5.42. The molecule has 0 amide bonds. The highest BCUT2D eigenvalue weighted by Crippen LogP contribution is 2.49. The van der Waals surface area contributed by atoms with Crippen molar-refractivity contribution in [3.8, 4) is 11.4 Å². The maximum Gasteiger partial charge on any atom is 0.183 e. The molecule has 0 aromatic carbocycles. The Morgan fingerprint density at radius 2 is 1.94 bits per heavy atom. The molecule has 2 atom stereocenters. The van der Waals surface area contributed by atoms with Gasteiger partial charge in [0.2, 0.25) is 0 Å². The summed E-state index contributed by atoms with van der Waals surface area (Å²) in [6.45, 7) is 0. The van der Waals surface area contributed by atoms with Gasteiger partial charge in [-0.15, -0.1) is 10.2 Å². The fourth-order valence-electron chi connectivity index (χ4n) is 5.26. The van der Waals surface area contributed by atoms with Crippen molar-refractivity contribution in [1.82, 2.24) is 40.6 Å². The van der Waals surface area contributed by atoms with E-state index in [1.54, 1.807) is 18.5 Å². The molecule has 9 nitrogen and oxygen atoms in total. The van der Waals surface area contributed by atoms with Gasteiger partial charge in [0, 0.05) is 35.3 Å². The van der Waals surface area contributed by atoms with Crippen LogP contribution in [0.2, 0.25) is 5.02 Å². The number of nitrogens with one attached hydrogen (secondary N) is 3. The molecule has 2 unspecified atom stereocenters. The van der Waals surface area contributed by atoms with Gasteiger partial charge in [0.1, 0.15) is 5.65 Å². The second-order valence-electron chi connectivity index (χ2n) is 8.28. The second-order valence-corrected chi connectivity index (χ2v) is 8.72. The molecule has 4 heterocycles. The summed E-state index contributed by atoms with van der Waals surface area (Å²) in [7, 11) is 0. The van der Waals surface area contributed by atoms with Crippen LogP contribution in [-0.2, 0) is 0 Å². The zero-order valence-corrected chi connectivity index (χ0v) is 17.1. The summed E-state index contributed by atoms with van der Waals surface area (Å²) in [5.74, 6) is 1.69. The van der Waals surface area contributed by atoms with E-state index in [0.717, 1.165) is 31.1 Å². The third-order valence-electron chi connectivity index (χ3n) is 6.67. The molecular formula is C20H19ClFN9. The SMILES string of the molecule is Fc1cnc(-c2c[nH]c3ncc(Cl)cc23)nc1NC1C2CCC(CC2)C1c1nn[nH]n1. The lowest BCUT2D eigenvalue weighted by Gasteiger charge is -2.47. The average molecular weight is 440 g/mol. The Hall–Kier alpha value is -3.14. The Labute approximate surface area is 181 Å². The maximum atomic E-state index is 14.8. The van der Waals surface area contributed by atoms with E-state index in [1.165, 1.54) is 6.20 Å². The van der Waals surface area contributed by atoms with Gasteiger partial charge in [-0.3, -0.25) is 0 Å². The van der Waals surface area contributed by atoms with Crippen LogP contribution in [0, 0.1) is 17.7 Å². The van der Waals surface area contributed by atoms with Gasteiger partial charge in [-0.2, -0.15) is 5.21 Å². The van der Waals surface area contributed by atoms with E-state index in [1.807, 2.05) is 0 Å². The molecule has 158 valence electrons. The molecule has 31 heavy (non-hydrogen) atoms. The molecule has 4 aromatic heterocycles. The lowest BCUT2D eigenvalue weighted by atomic mass is 9.61. The molecule has 0 saturated heterocycles. The van der Waals surface area contributed by atoms with Crippen molar-refractivity contribution >= 4 is 28.5 Å². The Morgan fingerprint density at radius 3 is 2.74 bits per heavy atom. The van der Waals surface area contributed by atoms with Crippen molar-refractivity contribution in [2.45, 2.75) is 37.6 Å². The number of halogens is 2. The first-order valence-corrected chi connectivity index (χ1v) is 10.7. The zero-order valence-electron chi connectivity index (χ0n) is 16.4. The predicted molar refractivity (Wildman–Crippen MR) is 112 cm³/mol. The minimum absolute atomic E-state index is 0.0126. The molecule has 3 aliphatic carbocycles. The average Bonchev–Trinajstić information content (AvgIpc) is 3.46. The molecule has 7 rings (SSSR count). The van der Waals surface area contributed by atoms with Crippen LogP contribution in [0.4, 0.5) is 10.2 Å². The molecule has 4 aromatic rings. The molecule has 3 N–H and O–H groups in total. The van der Waals surface area contributed by atoms with Gasteiger partial charge >= 0.3 is 0 Å². The summed E-state index contributed by atoms with van der Waals surface area (Å²) >= 11 is 6.11. The summed E-state index contributed by atoms with van der Waals surface area (Å²) in [6, 6.07) is 1.78. The van der Waals surface area contributed by atoms with Crippen LogP contribution in [0.3, 0.4) is 0 Å². The lowest BCUT2D eigenvalue weighted by Crippen LogP contribution is -2.47. The highest BCUT2D eigenvalue weighted by Gasteiger charge is 2.46. The zero-order chi connectivity index (χ0) is 20.9. The number of tetrazole rings is 1. The van der Waals surface area contributed by atoms with Crippen LogP contribution in [-0.4, -0.2) is 46.6 Å². The fraction of sp³-hybridized carbons (Fsp3) is 0.400. The molecular weight excluding hydrogens is 421 g/mol. The van der Waals surface area contributed by atoms with Crippen LogP contribution in [0.5, 0.6) is 0 Å². The number of nitrogens with zero attached hydrogens (tertiary/aromatic N) is 6. The second kappa shape index (κ2) is 7.23. The van der Waals surface area contributed by atoms with Gasteiger partial charge in [-0.05, 0) is 43.6 Å². The minimum atomic E-state index is -0.493. The monoisotopic (exact) mass is 439 g/mol. The smallest absolute Gasteiger partial charge is 0.183 e. The van der Waals surface area contributed by atoms with Crippen molar-refractivity contribution < 1.29 is 4.39 Å². The van der Waals surface area contributed by atoms with Gasteiger partial charge in [-0.1, -0.05) is 16.8 Å². The third kappa shape index (κ3) is 3.13. The van der Waals surface area contributed by atoms with Gasteiger partial charge in [0.05, 0.1) is 11.2 Å². The van der Waals surface area contributed by atoms with E-state index in [4.69, 9.17) is 11.6 Å². The Bertz CT molecular complexity index is 1230. The molecule has 3 aliphatic rings. The number of hydrogen-bond acceptors (Lipinski definition) is 7. The topological polar surface area (TPSA) is 121 Å². The number of pyridine rings is 1. The number of hydrogen-bond donors (Lipinski definition) is 3. The quantitative estimate of drug-likeness (QED) is 0.443. The van der Waals surface area contributed by atoms with Gasteiger partial charge in [-0.25, -0.2) is 19.3 Å². The van der Waals surface area contributed by atoms with E-state index in [-0.39, 0.29) is 17.8 Å². The Kier molecular flexibility index (Phi) is 4.34. The van der Waals surface area contributed by atoms with Crippen LogP contribution < -0.4 is 5.32 Å². The van der Waals surface area contributed by atoms with E-state index in [9.17, 15) is 4.39 Å². The predicted octanol–water partition coefficient (Wildman–Crippen LogP) is 3.71. The summed E-state index contributed by atoms with van der Waals surface area (Å²) in [5, 5.41) is 19.4. The van der Waals surface area contributed by atoms with Crippen LogP contribution in [0.15, 0.2) is 24.7 Å². The maximum absolute atomic E-state index is 14.8. The molecule has 3 saturated carbocycles. The third-order valence-corrected chi connectivity index (χ3v) is 6.87. The van der Waals surface area contributed by atoms with Crippen molar-refractivity contribution in [2.24, 2.45) is 11.8 Å². The minimum Gasteiger partial charge on any atom is -0.364 e.